The molecule has 7 heteroatoms. The third kappa shape index (κ3) is 3.74. The number of esters is 1. The number of methoxy groups -OCH3 is 1. The van der Waals surface area contributed by atoms with Crippen molar-refractivity contribution in [2.75, 3.05) is 13.7 Å². The summed E-state index contributed by atoms with van der Waals surface area (Å²) >= 11 is 0. The minimum Gasteiger partial charge on any atom is -0.507 e. The number of phenolic OH excluding ortho intramolecular Hbond substituents is 1. The van der Waals surface area contributed by atoms with Crippen LogP contribution in [0.3, 0.4) is 0 Å². The standard InChI is InChI=1S/C22H26O7/c1-5-6-14-8-13-9-18(24)22(3,20(25)16(13)11-28-14)29-21(26)19-12(2)7-15(27-4)10-17(19)23/h7-8,10,18,23-24H,5-6,9,11H2,1-4H3/t18-,22-/m0/s1. The summed E-state index contributed by atoms with van der Waals surface area (Å²) in [7, 11) is 1.45. The van der Waals surface area contributed by atoms with Crippen molar-refractivity contribution in [1.82, 2.24) is 0 Å². The van der Waals surface area contributed by atoms with Crippen molar-refractivity contribution in [2.24, 2.45) is 0 Å². The Labute approximate surface area is 169 Å². The SMILES string of the molecule is CCCC1=CC2=C(CO1)C(=O)[C@@](C)(OC(=O)c1c(C)cc(OC)cc1O)[C@@H](O)C2. The lowest BCUT2D eigenvalue weighted by Gasteiger charge is -2.39. The van der Waals surface area contributed by atoms with Crippen LogP contribution in [0.2, 0.25) is 0 Å². The molecule has 2 atom stereocenters. The molecule has 0 spiro atoms. The molecule has 0 bridgehead atoms. The third-order valence-corrected chi connectivity index (χ3v) is 5.43. The number of aromatic hydroxyl groups is 1. The zero-order chi connectivity index (χ0) is 21.3. The van der Waals surface area contributed by atoms with Crippen molar-refractivity contribution >= 4 is 11.8 Å². The molecule has 2 N–H and O–H groups in total. The molecule has 0 fully saturated rings. The molecular formula is C22H26O7. The molecule has 2 aliphatic rings. The van der Waals surface area contributed by atoms with Gasteiger partial charge in [0.15, 0.2) is 5.60 Å². The van der Waals surface area contributed by atoms with Crippen molar-refractivity contribution in [3.8, 4) is 11.5 Å². The van der Waals surface area contributed by atoms with Crippen LogP contribution >= 0.6 is 0 Å². The van der Waals surface area contributed by atoms with Crippen LogP contribution in [-0.2, 0) is 14.3 Å². The van der Waals surface area contributed by atoms with Gasteiger partial charge in [0.1, 0.15) is 29.8 Å². The maximum absolute atomic E-state index is 13.1. The van der Waals surface area contributed by atoms with E-state index in [2.05, 4.69) is 0 Å². The van der Waals surface area contributed by atoms with Gasteiger partial charge in [-0.15, -0.1) is 0 Å². The van der Waals surface area contributed by atoms with Crippen LogP contribution < -0.4 is 4.74 Å². The van der Waals surface area contributed by atoms with E-state index < -0.39 is 23.5 Å². The number of allylic oxidation sites excluding steroid dienone is 2. The van der Waals surface area contributed by atoms with Crippen LogP contribution in [-0.4, -0.2) is 47.4 Å². The van der Waals surface area contributed by atoms with Gasteiger partial charge in [-0.1, -0.05) is 6.92 Å². The Bertz CT molecular complexity index is 889. The fourth-order valence-corrected chi connectivity index (χ4v) is 3.70. The van der Waals surface area contributed by atoms with E-state index in [9.17, 15) is 19.8 Å². The molecule has 7 nitrogen and oxygen atoms in total. The van der Waals surface area contributed by atoms with E-state index in [0.717, 1.165) is 18.6 Å². The molecule has 3 rings (SSSR count). The maximum atomic E-state index is 13.1. The van der Waals surface area contributed by atoms with Crippen LogP contribution in [0.25, 0.3) is 0 Å². The van der Waals surface area contributed by atoms with Gasteiger partial charge in [0, 0.05) is 24.5 Å². The normalized spacial score (nSPS) is 23.8. The summed E-state index contributed by atoms with van der Waals surface area (Å²) in [5, 5.41) is 20.9. The molecule has 0 saturated carbocycles. The Hall–Kier alpha value is -2.80. The number of aliphatic hydroxyl groups excluding tert-OH is 1. The number of hydrogen-bond acceptors (Lipinski definition) is 7. The number of carbonyl (C=O) groups excluding carboxylic acids is 2. The largest absolute Gasteiger partial charge is 0.507 e. The zero-order valence-electron chi connectivity index (χ0n) is 17.1. The summed E-state index contributed by atoms with van der Waals surface area (Å²) in [5.41, 5.74) is -0.290. The minimum absolute atomic E-state index is 0.0724. The number of rotatable bonds is 5. The Morgan fingerprint density at radius 1 is 1.38 bits per heavy atom. The Kier molecular flexibility index (Phi) is 5.71. The van der Waals surface area contributed by atoms with Gasteiger partial charge in [0.2, 0.25) is 5.78 Å². The van der Waals surface area contributed by atoms with Crippen LogP contribution in [0.15, 0.2) is 35.1 Å². The van der Waals surface area contributed by atoms with Gasteiger partial charge in [-0.25, -0.2) is 4.79 Å². The Morgan fingerprint density at radius 2 is 2.10 bits per heavy atom. The zero-order valence-corrected chi connectivity index (χ0v) is 17.1. The molecule has 1 aliphatic heterocycles. The molecule has 0 saturated heterocycles. The van der Waals surface area contributed by atoms with E-state index in [-0.39, 0.29) is 24.3 Å². The highest BCUT2D eigenvalue weighted by Gasteiger charge is 2.50. The van der Waals surface area contributed by atoms with E-state index in [1.165, 1.54) is 20.1 Å². The molecule has 0 amide bonds. The van der Waals surface area contributed by atoms with E-state index in [1.54, 1.807) is 19.1 Å². The van der Waals surface area contributed by atoms with Gasteiger partial charge in [0.05, 0.1) is 12.9 Å². The maximum Gasteiger partial charge on any atom is 0.343 e. The average Bonchev–Trinajstić information content (AvgIpc) is 2.66. The molecule has 1 aromatic rings. The van der Waals surface area contributed by atoms with Gasteiger partial charge in [-0.3, -0.25) is 4.79 Å². The summed E-state index contributed by atoms with van der Waals surface area (Å²) in [6.07, 6.45) is 2.42. The summed E-state index contributed by atoms with van der Waals surface area (Å²) in [6.45, 7) is 5.13. The molecule has 29 heavy (non-hydrogen) atoms. The van der Waals surface area contributed by atoms with E-state index in [0.29, 0.717) is 22.5 Å². The first-order chi connectivity index (χ1) is 13.7. The highest BCUT2D eigenvalue weighted by Crippen LogP contribution is 2.38. The highest BCUT2D eigenvalue weighted by atomic mass is 16.6. The Balaban J connectivity index is 1.90. The number of aliphatic hydroxyl groups is 1. The molecule has 156 valence electrons. The van der Waals surface area contributed by atoms with E-state index in [1.807, 2.05) is 6.92 Å². The second-order valence-corrected chi connectivity index (χ2v) is 7.54. The number of phenols is 1. The second-order valence-electron chi connectivity index (χ2n) is 7.54. The topological polar surface area (TPSA) is 102 Å². The summed E-state index contributed by atoms with van der Waals surface area (Å²) in [5.74, 6) is -0.523. The lowest BCUT2D eigenvalue weighted by molar-refractivity contribution is -0.147. The first-order valence-electron chi connectivity index (χ1n) is 9.60. The predicted octanol–water partition coefficient (Wildman–Crippen LogP) is 2.97. The molecule has 1 heterocycles. The molecule has 1 aliphatic carbocycles. The molecule has 1 aromatic carbocycles. The third-order valence-electron chi connectivity index (χ3n) is 5.43. The average molecular weight is 402 g/mol. The van der Waals surface area contributed by atoms with E-state index in [4.69, 9.17) is 14.2 Å². The number of hydrogen-bond donors (Lipinski definition) is 2. The quantitative estimate of drug-likeness (QED) is 0.730. The number of carbonyl (C=O) groups is 2. The molecule has 0 aromatic heterocycles. The van der Waals surface area contributed by atoms with Crippen molar-refractivity contribution in [2.45, 2.75) is 51.7 Å². The smallest absolute Gasteiger partial charge is 0.343 e. The first-order valence-corrected chi connectivity index (χ1v) is 9.60. The summed E-state index contributed by atoms with van der Waals surface area (Å²) in [4.78, 5) is 25.9. The number of ketones is 1. The van der Waals surface area contributed by atoms with Crippen LogP contribution in [0, 0.1) is 6.92 Å². The number of Topliss-reactive ketones (excluding diaryl/α,β-unsaturated/α-hetero) is 1. The highest BCUT2D eigenvalue weighted by molar-refractivity contribution is 6.07. The van der Waals surface area contributed by atoms with Gasteiger partial charge >= 0.3 is 5.97 Å². The fraction of sp³-hybridized carbons (Fsp3) is 0.455. The van der Waals surface area contributed by atoms with Crippen LogP contribution in [0.1, 0.15) is 49.0 Å². The van der Waals surface area contributed by atoms with Crippen molar-refractivity contribution < 1.29 is 34.0 Å². The Morgan fingerprint density at radius 3 is 2.72 bits per heavy atom. The van der Waals surface area contributed by atoms with Gasteiger partial charge in [0.25, 0.3) is 0 Å². The van der Waals surface area contributed by atoms with Crippen molar-refractivity contribution in [3.05, 3.63) is 46.2 Å². The lowest BCUT2D eigenvalue weighted by Crippen LogP contribution is -2.54. The number of benzene rings is 1. The monoisotopic (exact) mass is 402 g/mol. The van der Waals surface area contributed by atoms with Gasteiger partial charge < -0.3 is 24.4 Å². The van der Waals surface area contributed by atoms with Crippen LogP contribution in [0.5, 0.6) is 11.5 Å². The fourth-order valence-electron chi connectivity index (χ4n) is 3.70. The van der Waals surface area contributed by atoms with Crippen molar-refractivity contribution in [1.29, 1.82) is 0 Å². The molecule has 0 unspecified atom stereocenters. The van der Waals surface area contributed by atoms with Gasteiger partial charge in [-0.2, -0.15) is 0 Å². The predicted molar refractivity (Wildman–Crippen MR) is 105 cm³/mol. The summed E-state index contributed by atoms with van der Waals surface area (Å²) in [6, 6.07) is 2.87. The molecular weight excluding hydrogens is 376 g/mol. The second kappa shape index (κ2) is 7.91. The number of aryl methyl sites for hydroxylation is 1. The van der Waals surface area contributed by atoms with Crippen LogP contribution in [0.4, 0.5) is 0 Å². The lowest BCUT2D eigenvalue weighted by atomic mass is 9.77. The van der Waals surface area contributed by atoms with Gasteiger partial charge in [-0.05, 0) is 43.5 Å². The first kappa shape index (κ1) is 20.9. The van der Waals surface area contributed by atoms with E-state index >= 15 is 0 Å². The van der Waals surface area contributed by atoms with Crippen molar-refractivity contribution in [3.63, 3.8) is 0 Å². The summed E-state index contributed by atoms with van der Waals surface area (Å²) < 4.78 is 16.2. The molecule has 0 radical (unpaired) electrons. The minimum atomic E-state index is -1.77. The number of ether oxygens (including phenoxy) is 3.